The lowest BCUT2D eigenvalue weighted by molar-refractivity contribution is -0.173. The van der Waals surface area contributed by atoms with Gasteiger partial charge in [-0.25, -0.2) is 18.8 Å². The molecular formula is C72H101F3N14O19P2. The molecule has 0 radical (unpaired) electrons. The predicted octanol–water partition coefficient (Wildman–Crippen LogP) is 4.47. The van der Waals surface area contributed by atoms with Gasteiger partial charge in [0.2, 0.25) is 17.7 Å². The number of aromatic amines is 2. The van der Waals surface area contributed by atoms with Crippen LogP contribution in [0.15, 0.2) is 123 Å². The molecule has 4 amide bonds. The third-order valence-corrected chi connectivity index (χ3v) is 20.5. The number of carbonyl (C=O) groups is 4. The second kappa shape index (κ2) is 44.4. The molecule has 0 spiro atoms. The fourth-order valence-corrected chi connectivity index (χ4v) is 14.4. The van der Waals surface area contributed by atoms with E-state index in [4.69, 9.17) is 48.7 Å². The average Bonchev–Trinajstić information content (AvgIpc) is 0.849. The molecule has 11 N–H and O–H groups in total. The van der Waals surface area contributed by atoms with Gasteiger partial charge in [0.25, 0.3) is 19.6 Å². The second-order valence-corrected chi connectivity index (χ2v) is 28.6. The monoisotopic (exact) mass is 1580 g/mol. The number of methoxy groups -OCH3 is 2. The number of amides is 4. The zero-order valence-electron chi connectivity index (χ0n) is 63.0. The van der Waals surface area contributed by atoms with Crippen molar-refractivity contribution >= 4 is 52.1 Å². The highest BCUT2D eigenvalue weighted by Gasteiger charge is 2.46. The molecular weight excluding hydrogens is 1480 g/mol. The topological polar surface area (TPSA) is 432 Å². The fraction of sp³-hybridized carbons (Fsp3) is 0.514. The maximum atomic E-state index is 13.7. The molecule has 604 valence electrons. The predicted molar refractivity (Wildman–Crippen MR) is 403 cm³/mol. The molecule has 2 fully saturated rings. The van der Waals surface area contributed by atoms with Crippen molar-refractivity contribution in [2.75, 3.05) is 113 Å². The molecule has 0 aliphatic carbocycles. The lowest BCUT2D eigenvalue weighted by atomic mass is 9.80. The van der Waals surface area contributed by atoms with Gasteiger partial charge < -0.3 is 70.4 Å². The summed E-state index contributed by atoms with van der Waals surface area (Å²) in [4.78, 5) is 117. The van der Waals surface area contributed by atoms with Crippen LogP contribution >= 0.6 is 16.3 Å². The molecule has 4 heterocycles. The highest BCUT2D eigenvalue weighted by atomic mass is 31.2. The third-order valence-electron chi connectivity index (χ3n) is 17.3. The van der Waals surface area contributed by atoms with E-state index in [0.717, 1.165) is 34.4 Å². The summed E-state index contributed by atoms with van der Waals surface area (Å²) in [6, 6.07) is 26.7. The zero-order chi connectivity index (χ0) is 80.7. The number of ether oxygens (including phenoxy) is 5. The number of halogens is 3. The number of rotatable bonds is 42. The van der Waals surface area contributed by atoms with E-state index in [-0.39, 0.29) is 101 Å². The van der Waals surface area contributed by atoms with Gasteiger partial charge >= 0.3 is 31.3 Å². The smallest absolute Gasteiger partial charge is 0.472 e. The summed E-state index contributed by atoms with van der Waals surface area (Å²) in [5, 5.41) is 19.2. The first-order chi connectivity index (χ1) is 52.4. The van der Waals surface area contributed by atoms with Crippen molar-refractivity contribution in [2.24, 2.45) is 11.5 Å². The van der Waals surface area contributed by atoms with Crippen LogP contribution in [0.3, 0.4) is 0 Å². The number of nitrogens with one attached hydrogen (secondary N) is 6. The number of aromatic nitrogens is 4. The standard InChI is InChI=1S/C52H66F3N8O11P.C20H35N6O8P/c1-35(2)63(36(3)4)75(72-31-11-24-56)74-44-32-47(73-45(44)34-71-51(39-12-9-8-10-13-39,40-15-19-42(69-6)20-16-40)41-17-21-43(70-7)22-18-41)62-33-38(48(66)60-50(62)68)14-23-46(65)58-26-29-61(28-25-57-37(5)64)30-27-59-49(67)52(53,54)55;1-3-15-16(34-35(30,31)32-2)12-18(33-15)26-13-14(19(28)24-20(26)29)4-5-17(27)23-8-11-25(9-6-21)10-7-22/h8-10,12-23,33,35-36,44-45,47H,11,25-32,34H2,1-7H3,(H,57,64)(H,58,65)(H,59,67)(H,60,66,68);4-5,13,15-16,18H,3,6-12,21-22H2,1-2H3,(H,23,27)(H,30,31)(H,24,28,29)/b23-14+;5-4+. The van der Waals surface area contributed by atoms with Gasteiger partial charge in [-0.05, 0) is 87.2 Å². The van der Waals surface area contributed by atoms with E-state index in [1.165, 1.54) is 42.1 Å². The van der Waals surface area contributed by atoms with Gasteiger partial charge in [0, 0.05) is 142 Å². The van der Waals surface area contributed by atoms with Crippen molar-refractivity contribution in [1.29, 1.82) is 5.26 Å². The number of hydrogen-bond acceptors (Lipinski definition) is 24. The summed E-state index contributed by atoms with van der Waals surface area (Å²) in [5.41, 5.74) is 9.13. The van der Waals surface area contributed by atoms with E-state index in [1.807, 2.05) is 111 Å². The molecule has 33 nitrogen and oxygen atoms in total. The summed E-state index contributed by atoms with van der Waals surface area (Å²) < 4.78 is 108. The SMILES string of the molecule is CCC1OC(n2cc(/C=C/C(=O)NCCN(CCN)CCN)c(=O)[nH]c2=O)CC1OP(=O)(O)OC.COc1ccc(C(OCC2OC(n3cc(/C=C/C(=O)NCCN(CCNC(C)=O)CCNC(=O)C(F)(F)F)c(=O)[nH]c3=O)CC2OP(OCCC#N)N(C(C)C)C(C)C)(c2ccccc2)c2ccc(OC)cc2)cc1. The Balaban J connectivity index is 0.000000450. The molecule has 38 heteroatoms. The van der Waals surface area contributed by atoms with E-state index in [0.29, 0.717) is 57.2 Å². The average molecular weight is 1590 g/mol. The molecule has 2 aliphatic heterocycles. The molecule has 5 aromatic rings. The van der Waals surface area contributed by atoms with Crippen molar-refractivity contribution < 1.29 is 83.6 Å². The first kappa shape index (κ1) is 90.3. The minimum Gasteiger partial charge on any atom is -0.497 e. The molecule has 0 bridgehead atoms. The Labute approximate surface area is 636 Å². The van der Waals surface area contributed by atoms with Crippen LogP contribution in [0.1, 0.15) is 107 Å². The number of nitrogens with two attached hydrogens (primary N) is 2. The minimum absolute atomic E-state index is 0.00335. The molecule has 2 aliphatic rings. The molecule has 7 rings (SSSR count). The van der Waals surface area contributed by atoms with Crippen molar-refractivity contribution in [3.63, 3.8) is 0 Å². The second-order valence-electron chi connectivity index (χ2n) is 25.7. The molecule has 8 unspecified atom stereocenters. The molecule has 0 saturated carbocycles. The number of hydrogen-bond donors (Lipinski definition) is 9. The Bertz CT molecular complexity index is 4100. The van der Waals surface area contributed by atoms with Gasteiger partial charge in [-0.3, -0.25) is 66.7 Å². The summed E-state index contributed by atoms with van der Waals surface area (Å²) in [7, 11) is -1.89. The number of nitriles is 1. The summed E-state index contributed by atoms with van der Waals surface area (Å²) in [6.45, 7) is 14.5. The van der Waals surface area contributed by atoms with Gasteiger partial charge in [-0.2, -0.15) is 18.4 Å². The molecule has 110 heavy (non-hydrogen) atoms. The van der Waals surface area contributed by atoms with Crippen LogP contribution in [0.5, 0.6) is 11.5 Å². The van der Waals surface area contributed by atoms with Crippen LogP contribution in [-0.2, 0) is 61.6 Å². The number of alkyl halides is 3. The number of carbonyl (C=O) groups excluding carboxylic acids is 4. The van der Waals surface area contributed by atoms with Crippen LogP contribution in [0.4, 0.5) is 13.2 Å². The number of nitrogens with zero attached hydrogens (tertiary/aromatic N) is 6. The van der Waals surface area contributed by atoms with Crippen molar-refractivity contribution in [2.45, 2.75) is 128 Å². The van der Waals surface area contributed by atoms with Crippen molar-refractivity contribution in [1.82, 2.24) is 54.8 Å². The van der Waals surface area contributed by atoms with E-state index < -0.39 is 105 Å². The molecule has 8 atom stereocenters. The van der Waals surface area contributed by atoms with E-state index in [2.05, 4.69) is 41.2 Å². The number of H-pyrrole nitrogens is 2. The summed E-state index contributed by atoms with van der Waals surface area (Å²) >= 11 is 0. The number of phosphoric ester groups is 1. The Morgan fingerprint density at radius 1 is 0.700 bits per heavy atom. The lowest BCUT2D eigenvalue weighted by Gasteiger charge is -2.39. The Morgan fingerprint density at radius 3 is 1.59 bits per heavy atom. The normalized spacial score (nSPS) is 18.2. The van der Waals surface area contributed by atoms with Gasteiger partial charge in [0.15, 0.2) is 0 Å². The number of phosphoric acid groups is 1. The third kappa shape index (κ3) is 27.1. The minimum atomic E-state index is -5.05. The summed E-state index contributed by atoms with van der Waals surface area (Å²) in [6.07, 6.45) is -2.00. The number of benzene rings is 3. The lowest BCUT2D eigenvalue weighted by Crippen LogP contribution is -2.44. The molecule has 2 saturated heterocycles. The Morgan fingerprint density at radius 2 is 1.15 bits per heavy atom. The van der Waals surface area contributed by atoms with Gasteiger partial charge in [-0.1, -0.05) is 61.5 Å². The van der Waals surface area contributed by atoms with Gasteiger partial charge in [-0.15, -0.1) is 0 Å². The zero-order valence-corrected chi connectivity index (χ0v) is 64.8. The van der Waals surface area contributed by atoms with Gasteiger partial charge in [0.1, 0.15) is 35.7 Å². The van der Waals surface area contributed by atoms with Crippen LogP contribution in [-0.4, -0.2) is 218 Å². The first-order valence-electron chi connectivity index (χ1n) is 35.6. The van der Waals surface area contributed by atoms with Gasteiger partial charge in [0.05, 0.1) is 69.4 Å². The largest absolute Gasteiger partial charge is 0.497 e. The fourth-order valence-electron chi connectivity index (χ4n) is 12.0. The van der Waals surface area contributed by atoms with E-state index >= 15 is 0 Å². The quantitative estimate of drug-likeness (QED) is 0.0113. The summed E-state index contributed by atoms with van der Waals surface area (Å²) in [5.74, 6) is -2.20. The van der Waals surface area contributed by atoms with Crippen LogP contribution < -0.4 is 64.7 Å². The van der Waals surface area contributed by atoms with Crippen LogP contribution in [0, 0.1) is 11.3 Å². The van der Waals surface area contributed by atoms with Crippen LogP contribution in [0.2, 0.25) is 0 Å². The van der Waals surface area contributed by atoms with Crippen LogP contribution in [0.25, 0.3) is 12.2 Å². The van der Waals surface area contributed by atoms with Crippen molar-refractivity contribution in [3.05, 3.63) is 173 Å². The highest BCUT2D eigenvalue weighted by molar-refractivity contribution is 7.47. The van der Waals surface area contributed by atoms with Crippen molar-refractivity contribution in [3.8, 4) is 17.6 Å². The Hall–Kier alpha value is -8.60. The first-order valence-corrected chi connectivity index (χ1v) is 38.3. The maximum absolute atomic E-state index is 13.7. The molecule has 3 aromatic carbocycles. The van der Waals surface area contributed by atoms with E-state index in [1.54, 1.807) is 31.4 Å². The van der Waals surface area contributed by atoms with E-state index in [9.17, 15) is 66.2 Å². The maximum Gasteiger partial charge on any atom is 0.472 e. The Kier molecular flexibility index (Phi) is 36.5. The highest BCUT2D eigenvalue weighted by Crippen LogP contribution is 2.51. The molecule has 2 aromatic heterocycles.